The zero-order chi connectivity index (χ0) is 50.3. The Bertz CT molecular complexity index is 5070. The topological polar surface area (TPSA) is 13.1 Å². The fourth-order valence-corrected chi connectivity index (χ4v) is 13.2. The van der Waals surface area contributed by atoms with E-state index in [1.165, 1.54) is 130 Å². The predicted octanol–water partition coefficient (Wildman–Crippen LogP) is 21.8. The van der Waals surface area contributed by atoms with Gasteiger partial charge in [-0.15, -0.1) is 0 Å². The molecule has 0 saturated carbocycles. The SMILES string of the molecule is c1ccc2c(c1)ccc1ccc3cc(-c4ccc5ccc(-c6ccc7c(c6)oc6cc(-c8ccc9ccc(-c%10cc%11ccc%12ccc%13ccccc%13c%12c%11c%11ccccc%10%11)cc9c8)ccc67)cc5c4)c4ccccc4c3c12. The monoisotopic (exact) mass is 972 g/mol. The van der Waals surface area contributed by atoms with Crippen LogP contribution in [0, 0.1) is 0 Å². The molecule has 0 radical (unpaired) electrons. The van der Waals surface area contributed by atoms with Gasteiger partial charge in [-0.2, -0.15) is 0 Å². The van der Waals surface area contributed by atoms with E-state index < -0.39 is 0 Å². The summed E-state index contributed by atoms with van der Waals surface area (Å²) in [5.41, 5.74) is 11.3. The van der Waals surface area contributed by atoms with Gasteiger partial charge in [-0.25, -0.2) is 0 Å². The van der Waals surface area contributed by atoms with Gasteiger partial charge in [-0.3, -0.25) is 0 Å². The van der Waals surface area contributed by atoms with E-state index in [0.29, 0.717) is 0 Å². The van der Waals surface area contributed by atoms with Crippen LogP contribution in [0.5, 0.6) is 0 Å². The maximum absolute atomic E-state index is 6.76. The molecule has 1 nitrogen and oxygen atoms in total. The summed E-state index contributed by atoms with van der Waals surface area (Å²) in [4.78, 5) is 0. The lowest BCUT2D eigenvalue weighted by Gasteiger charge is -2.15. The van der Waals surface area contributed by atoms with Crippen LogP contribution in [0.25, 0.3) is 174 Å². The van der Waals surface area contributed by atoms with Crippen LogP contribution < -0.4 is 0 Å². The molecule has 17 aromatic rings. The summed E-state index contributed by atoms with van der Waals surface area (Å²) >= 11 is 0. The van der Waals surface area contributed by atoms with E-state index >= 15 is 0 Å². The third kappa shape index (κ3) is 6.48. The van der Waals surface area contributed by atoms with E-state index in [0.717, 1.165) is 44.2 Å². The second-order valence-corrected chi connectivity index (χ2v) is 21.1. The highest BCUT2D eigenvalue weighted by atomic mass is 16.3. The van der Waals surface area contributed by atoms with Gasteiger partial charge < -0.3 is 4.42 Å². The number of hydrogen-bond acceptors (Lipinski definition) is 1. The molecule has 16 aromatic carbocycles. The van der Waals surface area contributed by atoms with Crippen molar-refractivity contribution in [3.05, 3.63) is 267 Å². The van der Waals surface area contributed by atoms with Gasteiger partial charge in [0.05, 0.1) is 0 Å². The highest BCUT2D eigenvalue weighted by Crippen LogP contribution is 2.44. The Morgan fingerprint density at radius 3 is 0.935 bits per heavy atom. The Balaban J connectivity index is 0.719. The van der Waals surface area contributed by atoms with Crippen LogP contribution in [0.1, 0.15) is 0 Å². The van der Waals surface area contributed by atoms with E-state index in [4.69, 9.17) is 4.42 Å². The largest absolute Gasteiger partial charge is 0.456 e. The first-order chi connectivity index (χ1) is 38.1. The van der Waals surface area contributed by atoms with Crippen molar-refractivity contribution < 1.29 is 4.42 Å². The van der Waals surface area contributed by atoms with Crippen molar-refractivity contribution in [3.8, 4) is 44.5 Å². The van der Waals surface area contributed by atoms with Crippen LogP contribution in [-0.2, 0) is 0 Å². The lowest BCUT2D eigenvalue weighted by molar-refractivity contribution is 0.669. The van der Waals surface area contributed by atoms with Gasteiger partial charge in [0.15, 0.2) is 0 Å². The molecule has 0 aliphatic rings. The van der Waals surface area contributed by atoms with Gasteiger partial charge in [-0.05, 0) is 213 Å². The zero-order valence-electron chi connectivity index (χ0n) is 41.8. The molecule has 17 rings (SSSR count). The Labute approximate surface area is 443 Å². The maximum Gasteiger partial charge on any atom is 0.136 e. The lowest BCUT2D eigenvalue weighted by atomic mass is 9.88. The van der Waals surface area contributed by atoms with Crippen LogP contribution >= 0.6 is 0 Å². The van der Waals surface area contributed by atoms with Crippen molar-refractivity contribution in [1.82, 2.24) is 0 Å². The molecule has 0 fully saturated rings. The standard InChI is InChI=1S/C76H44O/c1-3-11-61-47(9-1)21-23-49-25-31-57-41-69(63-13-5-7-15-67(63)75(57)73(49)61)55-29-19-45-17-27-51(37-59(45)39-55)53-33-35-65-66-36-34-54(44-72(66)77-71(65)43-53)52-28-18-46-20-30-56(40-60(46)38-52)70-42-58-32-26-50-24-22-48-10-2-4-12-62(48)74(50)76(58)68-16-8-6-14-64(68)70/h1-44H. The molecule has 1 aromatic heterocycles. The second kappa shape index (κ2) is 16.2. The fourth-order valence-electron chi connectivity index (χ4n) is 13.2. The Morgan fingerprint density at radius 2 is 0.481 bits per heavy atom. The third-order valence-corrected chi connectivity index (χ3v) is 16.9. The normalized spacial score (nSPS) is 12.2. The summed E-state index contributed by atoms with van der Waals surface area (Å²) in [6.07, 6.45) is 0. The van der Waals surface area contributed by atoms with E-state index in [-0.39, 0.29) is 0 Å². The highest BCUT2D eigenvalue weighted by molar-refractivity contribution is 6.31. The van der Waals surface area contributed by atoms with E-state index in [1.54, 1.807) is 0 Å². The number of furan rings is 1. The molecule has 77 heavy (non-hydrogen) atoms. The van der Waals surface area contributed by atoms with Gasteiger partial charge >= 0.3 is 0 Å². The molecule has 1 heterocycles. The Kier molecular flexibility index (Phi) is 8.90. The van der Waals surface area contributed by atoms with Crippen molar-refractivity contribution in [2.24, 2.45) is 0 Å². The zero-order valence-corrected chi connectivity index (χ0v) is 41.8. The van der Waals surface area contributed by atoms with E-state index in [2.05, 4.69) is 267 Å². The Hall–Kier alpha value is -10.1. The average Bonchev–Trinajstić information content (AvgIpc) is 3.99. The van der Waals surface area contributed by atoms with Gasteiger partial charge in [0.2, 0.25) is 0 Å². The van der Waals surface area contributed by atoms with Crippen molar-refractivity contribution in [3.63, 3.8) is 0 Å². The smallest absolute Gasteiger partial charge is 0.136 e. The average molecular weight is 973 g/mol. The van der Waals surface area contributed by atoms with Gasteiger partial charge in [0.25, 0.3) is 0 Å². The summed E-state index contributed by atoms with van der Waals surface area (Å²) in [6, 6.07) is 99.2. The summed E-state index contributed by atoms with van der Waals surface area (Å²) in [5.74, 6) is 0. The van der Waals surface area contributed by atoms with Crippen LogP contribution in [0.2, 0.25) is 0 Å². The van der Waals surface area contributed by atoms with Gasteiger partial charge in [0.1, 0.15) is 11.2 Å². The van der Waals surface area contributed by atoms with Crippen LogP contribution in [-0.4, -0.2) is 0 Å². The molecule has 0 bridgehead atoms. The number of rotatable bonds is 4. The summed E-state index contributed by atoms with van der Waals surface area (Å²) in [7, 11) is 0. The van der Waals surface area contributed by atoms with Crippen molar-refractivity contribution in [1.29, 1.82) is 0 Å². The fraction of sp³-hybridized carbons (Fsp3) is 0. The summed E-state index contributed by atoms with van der Waals surface area (Å²) in [5, 5.41) is 27.6. The molecule has 0 N–H and O–H groups in total. The molecular weight excluding hydrogens is 929 g/mol. The van der Waals surface area contributed by atoms with E-state index in [1.807, 2.05) is 0 Å². The van der Waals surface area contributed by atoms with Gasteiger partial charge in [-0.1, -0.05) is 206 Å². The molecule has 1 heteroatoms. The molecule has 0 atom stereocenters. The van der Waals surface area contributed by atoms with Crippen molar-refractivity contribution in [2.75, 3.05) is 0 Å². The molecule has 0 aliphatic carbocycles. The molecule has 0 saturated heterocycles. The van der Waals surface area contributed by atoms with E-state index in [9.17, 15) is 0 Å². The number of benzene rings is 16. The molecular formula is C76H44O. The molecule has 0 aliphatic heterocycles. The van der Waals surface area contributed by atoms with Gasteiger partial charge in [0, 0.05) is 10.8 Å². The summed E-state index contributed by atoms with van der Waals surface area (Å²) < 4.78 is 6.76. The molecule has 0 amide bonds. The first kappa shape index (κ1) is 42.3. The van der Waals surface area contributed by atoms with Crippen LogP contribution in [0.4, 0.5) is 0 Å². The molecule has 354 valence electrons. The summed E-state index contributed by atoms with van der Waals surface area (Å²) in [6.45, 7) is 0. The quantitative estimate of drug-likeness (QED) is 0.160. The molecule has 0 unspecified atom stereocenters. The van der Waals surface area contributed by atoms with Crippen LogP contribution in [0.15, 0.2) is 271 Å². The van der Waals surface area contributed by atoms with Crippen molar-refractivity contribution >= 4 is 130 Å². The predicted molar refractivity (Wildman–Crippen MR) is 331 cm³/mol. The minimum Gasteiger partial charge on any atom is -0.456 e. The van der Waals surface area contributed by atoms with Crippen LogP contribution in [0.3, 0.4) is 0 Å². The minimum absolute atomic E-state index is 0.887. The number of hydrogen-bond donors (Lipinski definition) is 0. The first-order valence-corrected chi connectivity index (χ1v) is 26.7. The van der Waals surface area contributed by atoms with Crippen molar-refractivity contribution in [2.45, 2.75) is 0 Å². The number of fused-ring (bicyclic) bond motifs is 19. The maximum atomic E-state index is 6.76. The Morgan fingerprint density at radius 1 is 0.169 bits per heavy atom. The molecule has 0 spiro atoms. The first-order valence-electron chi connectivity index (χ1n) is 26.7. The lowest BCUT2D eigenvalue weighted by Crippen LogP contribution is -1.88. The highest BCUT2D eigenvalue weighted by Gasteiger charge is 2.17. The minimum atomic E-state index is 0.887. The third-order valence-electron chi connectivity index (χ3n) is 16.9. The second-order valence-electron chi connectivity index (χ2n) is 21.1.